The Hall–Kier alpha value is -6.85. The van der Waals surface area contributed by atoms with Crippen LogP contribution in [0.1, 0.15) is 11.1 Å². The molecule has 10 aromatic rings. The minimum Gasteiger partial charge on any atom is -0.456 e. The highest BCUT2D eigenvalue weighted by Gasteiger charge is 2.22. The van der Waals surface area contributed by atoms with Gasteiger partial charge in [-0.1, -0.05) is 109 Å². The average Bonchev–Trinajstić information content (AvgIpc) is 3.79. The van der Waals surface area contributed by atoms with Gasteiger partial charge in [0.1, 0.15) is 22.3 Å². The van der Waals surface area contributed by atoms with Gasteiger partial charge >= 0.3 is 0 Å². The van der Waals surface area contributed by atoms with Gasteiger partial charge < -0.3 is 8.83 Å². The predicted molar refractivity (Wildman–Crippen MR) is 209 cm³/mol. The molecular formula is C47H29N3O2. The first-order chi connectivity index (χ1) is 25.7. The highest BCUT2D eigenvalue weighted by molar-refractivity contribution is 6.16. The summed E-state index contributed by atoms with van der Waals surface area (Å²) >= 11 is 0. The molecule has 5 nitrogen and oxygen atoms in total. The topological polar surface area (TPSA) is 65.0 Å². The maximum absolute atomic E-state index is 6.69. The van der Waals surface area contributed by atoms with E-state index in [1.807, 2.05) is 66.7 Å². The Bertz CT molecular complexity index is 3030. The minimum atomic E-state index is 0.595. The normalized spacial score (nSPS) is 12.5. The first kappa shape index (κ1) is 28.9. The van der Waals surface area contributed by atoms with Crippen LogP contribution < -0.4 is 0 Å². The van der Waals surface area contributed by atoms with Gasteiger partial charge in [0.05, 0.1) is 0 Å². The number of hydrogen-bond donors (Lipinski definition) is 0. The third-order valence-electron chi connectivity index (χ3n) is 10.5. The minimum absolute atomic E-state index is 0.595. The molecule has 0 atom stereocenters. The van der Waals surface area contributed by atoms with E-state index in [9.17, 15) is 0 Å². The van der Waals surface area contributed by atoms with Crippen molar-refractivity contribution in [1.29, 1.82) is 0 Å². The molecule has 1 aliphatic carbocycles. The van der Waals surface area contributed by atoms with E-state index >= 15 is 0 Å². The van der Waals surface area contributed by atoms with E-state index in [0.29, 0.717) is 17.5 Å². The Balaban J connectivity index is 1.13. The average molecular weight is 668 g/mol. The van der Waals surface area contributed by atoms with E-state index in [4.69, 9.17) is 23.8 Å². The molecule has 7 aromatic carbocycles. The summed E-state index contributed by atoms with van der Waals surface area (Å²) in [6.07, 6.45) is 2.07. The van der Waals surface area contributed by atoms with Gasteiger partial charge in [-0.05, 0) is 83.1 Å². The summed E-state index contributed by atoms with van der Waals surface area (Å²) in [6, 6.07) is 52.5. The standard InChI is InChI=1S/C47H29N3O2/c1-2-11-30(12-3-1)45-48-46(32-21-20-29-19-18-28-10-4-5-13-33(28)39(29)26-32)50-47(49-45)38-25-24-34(44-43(38)37-15-7-9-17-41(37)52-44)31-22-23-36-35-14-6-8-16-40(35)51-42(36)27-31/h1-17,20-27H,18-19H2. The van der Waals surface area contributed by atoms with E-state index in [1.165, 1.54) is 22.3 Å². The van der Waals surface area contributed by atoms with Gasteiger partial charge in [0.2, 0.25) is 0 Å². The second kappa shape index (κ2) is 11.3. The van der Waals surface area contributed by atoms with Crippen LogP contribution in [0.5, 0.6) is 0 Å². The van der Waals surface area contributed by atoms with Gasteiger partial charge in [-0.2, -0.15) is 0 Å². The number of furan rings is 2. The first-order valence-corrected chi connectivity index (χ1v) is 17.6. The van der Waals surface area contributed by atoms with Crippen LogP contribution in [0.15, 0.2) is 160 Å². The van der Waals surface area contributed by atoms with Crippen molar-refractivity contribution < 1.29 is 8.83 Å². The Morgan fingerprint density at radius 3 is 1.87 bits per heavy atom. The van der Waals surface area contributed by atoms with Gasteiger partial charge in [-0.3, -0.25) is 0 Å². The lowest BCUT2D eigenvalue weighted by Crippen LogP contribution is -2.05. The fourth-order valence-electron chi connectivity index (χ4n) is 7.93. The van der Waals surface area contributed by atoms with Crippen LogP contribution in [0.25, 0.3) is 100 Å². The second-order valence-corrected chi connectivity index (χ2v) is 13.5. The first-order valence-electron chi connectivity index (χ1n) is 17.6. The zero-order valence-electron chi connectivity index (χ0n) is 28.0. The summed E-state index contributed by atoms with van der Waals surface area (Å²) in [4.78, 5) is 15.5. The number of hydrogen-bond acceptors (Lipinski definition) is 5. The summed E-state index contributed by atoms with van der Waals surface area (Å²) in [5, 5.41) is 4.17. The van der Waals surface area contributed by atoms with Crippen LogP contribution in [0.3, 0.4) is 0 Å². The van der Waals surface area contributed by atoms with Crippen LogP contribution in [0.4, 0.5) is 0 Å². The molecule has 0 fully saturated rings. The van der Waals surface area contributed by atoms with Gasteiger partial charge in [0, 0.05) is 43.8 Å². The fraction of sp³-hybridized carbons (Fsp3) is 0.0426. The van der Waals surface area contributed by atoms with Crippen molar-refractivity contribution in [2.24, 2.45) is 0 Å². The molecule has 5 heteroatoms. The van der Waals surface area contributed by atoms with Crippen LogP contribution in [-0.4, -0.2) is 15.0 Å². The molecule has 0 bridgehead atoms. The highest BCUT2D eigenvalue weighted by Crippen LogP contribution is 2.43. The Labute approximate surface area is 298 Å². The number of benzene rings is 7. The molecule has 0 amide bonds. The number of fused-ring (bicyclic) bond motifs is 9. The quantitative estimate of drug-likeness (QED) is 0.187. The predicted octanol–water partition coefficient (Wildman–Crippen LogP) is 12.1. The number of para-hydroxylation sites is 2. The Kier molecular flexibility index (Phi) is 6.31. The largest absolute Gasteiger partial charge is 0.456 e. The Morgan fingerprint density at radius 2 is 1.00 bits per heavy atom. The van der Waals surface area contributed by atoms with Crippen molar-refractivity contribution >= 4 is 43.9 Å². The molecule has 0 spiro atoms. The lowest BCUT2D eigenvalue weighted by Gasteiger charge is -2.20. The molecule has 11 rings (SSSR count). The number of nitrogens with zero attached hydrogens (tertiary/aromatic N) is 3. The molecule has 0 radical (unpaired) electrons. The van der Waals surface area contributed by atoms with E-state index in [-0.39, 0.29) is 0 Å². The molecule has 0 saturated heterocycles. The zero-order valence-corrected chi connectivity index (χ0v) is 28.0. The molecule has 3 aromatic heterocycles. The maximum atomic E-state index is 6.69. The molecule has 0 unspecified atom stereocenters. The summed E-state index contributed by atoms with van der Waals surface area (Å²) in [5.74, 6) is 1.85. The third kappa shape index (κ3) is 4.53. The van der Waals surface area contributed by atoms with Crippen molar-refractivity contribution in [3.63, 3.8) is 0 Å². The van der Waals surface area contributed by atoms with Crippen molar-refractivity contribution in [2.45, 2.75) is 12.8 Å². The Morgan fingerprint density at radius 1 is 0.365 bits per heavy atom. The van der Waals surface area contributed by atoms with E-state index < -0.39 is 0 Å². The molecule has 0 saturated carbocycles. The summed E-state index contributed by atoms with van der Waals surface area (Å²) in [6.45, 7) is 0. The molecular weight excluding hydrogens is 639 g/mol. The van der Waals surface area contributed by atoms with Crippen molar-refractivity contribution in [3.05, 3.63) is 163 Å². The number of rotatable bonds is 4. The van der Waals surface area contributed by atoms with Crippen molar-refractivity contribution in [1.82, 2.24) is 15.0 Å². The van der Waals surface area contributed by atoms with E-state index in [2.05, 4.69) is 84.9 Å². The van der Waals surface area contributed by atoms with Crippen LogP contribution >= 0.6 is 0 Å². The maximum Gasteiger partial charge on any atom is 0.164 e. The van der Waals surface area contributed by atoms with E-state index in [0.717, 1.165) is 84.5 Å². The zero-order chi connectivity index (χ0) is 34.2. The van der Waals surface area contributed by atoms with E-state index in [1.54, 1.807) is 0 Å². The SMILES string of the molecule is c1ccc(-c2nc(-c3ccc4c(c3)-c3ccccc3CC4)nc(-c3ccc(-c4ccc5c(c4)oc4ccccc45)c4oc5ccccc5c34)n2)cc1. The summed E-state index contributed by atoms with van der Waals surface area (Å²) in [7, 11) is 0. The summed E-state index contributed by atoms with van der Waals surface area (Å²) in [5.41, 5.74) is 13.3. The smallest absolute Gasteiger partial charge is 0.164 e. The number of aromatic nitrogens is 3. The number of aryl methyl sites for hydroxylation is 2. The summed E-state index contributed by atoms with van der Waals surface area (Å²) < 4.78 is 13.0. The van der Waals surface area contributed by atoms with Gasteiger partial charge in [0.25, 0.3) is 0 Å². The van der Waals surface area contributed by atoms with Crippen molar-refractivity contribution in [3.8, 4) is 56.4 Å². The second-order valence-electron chi connectivity index (χ2n) is 13.5. The molecule has 1 aliphatic rings. The molecule has 52 heavy (non-hydrogen) atoms. The van der Waals surface area contributed by atoms with Crippen molar-refractivity contribution in [2.75, 3.05) is 0 Å². The lowest BCUT2D eigenvalue weighted by atomic mass is 9.85. The molecule has 244 valence electrons. The van der Waals surface area contributed by atoms with Crippen LogP contribution in [0.2, 0.25) is 0 Å². The molecule has 0 aliphatic heterocycles. The van der Waals surface area contributed by atoms with Gasteiger partial charge in [-0.25, -0.2) is 15.0 Å². The lowest BCUT2D eigenvalue weighted by molar-refractivity contribution is 0.668. The fourth-order valence-corrected chi connectivity index (χ4v) is 7.93. The van der Waals surface area contributed by atoms with Crippen LogP contribution in [-0.2, 0) is 12.8 Å². The van der Waals surface area contributed by atoms with Crippen LogP contribution in [0, 0.1) is 0 Å². The van der Waals surface area contributed by atoms with Gasteiger partial charge in [0.15, 0.2) is 17.5 Å². The molecule has 3 heterocycles. The monoisotopic (exact) mass is 667 g/mol. The highest BCUT2D eigenvalue weighted by atomic mass is 16.3. The molecule has 0 N–H and O–H groups in total. The van der Waals surface area contributed by atoms with Gasteiger partial charge in [-0.15, -0.1) is 0 Å². The third-order valence-corrected chi connectivity index (χ3v) is 10.5.